The number of hydrogen-bond donors (Lipinski definition) is 0. The van der Waals surface area contributed by atoms with Crippen molar-refractivity contribution in [3.63, 3.8) is 0 Å². The zero-order valence-electron chi connectivity index (χ0n) is 6.25. The van der Waals surface area contributed by atoms with E-state index in [4.69, 9.17) is 0 Å². The standard InChI is InChI=1S/C10H9N/c1-8-4-5-9-3-2-6-11-10(9)7-8/h2-3,5-7H,1,4H2. The topological polar surface area (TPSA) is 12.9 Å². The van der Waals surface area contributed by atoms with E-state index < -0.39 is 0 Å². The van der Waals surface area contributed by atoms with Gasteiger partial charge in [-0.1, -0.05) is 18.7 Å². The van der Waals surface area contributed by atoms with Crippen molar-refractivity contribution < 1.29 is 0 Å². The Balaban J connectivity index is 2.83. The molecule has 11 heavy (non-hydrogen) atoms. The Kier molecular flexibility index (Phi) is 1.35. The van der Waals surface area contributed by atoms with Crippen LogP contribution in [0.15, 0.2) is 30.5 Å². The van der Waals surface area contributed by atoms with Gasteiger partial charge in [0.1, 0.15) is 0 Å². The molecule has 0 spiro atoms. The molecular weight excluding hydrogens is 134 g/mol. The fourth-order valence-corrected chi connectivity index (χ4v) is 1.22. The molecule has 1 aliphatic rings. The number of hydrogen-bond acceptors (Lipinski definition) is 1. The van der Waals surface area contributed by atoms with Gasteiger partial charge in [-0.05, 0) is 29.4 Å². The van der Waals surface area contributed by atoms with Gasteiger partial charge in [0.15, 0.2) is 0 Å². The summed E-state index contributed by atoms with van der Waals surface area (Å²) in [4.78, 5) is 4.22. The van der Waals surface area contributed by atoms with Crippen LogP contribution >= 0.6 is 0 Å². The van der Waals surface area contributed by atoms with Crippen LogP contribution < -0.4 is 10.6 Å². The molecule has 2 rings (SSSR count). The van der Waals surface area contributed by atoms with Crippen molar-refractivity contribution in [1.29, 1.82) is 0 Å². The average molecular weight is 143 g/mol. The molecule has 1 heterocycles. The molecule has 0 saturated heterocycles. The molecule has 0 bridgehead atoms. The first kappa shape index (κ1) is 6.35. The van der Waals surface area contributed by atoms with Crippen LogP contribution in [0.2, 0.25) is 0 Å². The summed E-state index contributed by atoms with van der Waals surface area (Å²) in [5.41, 5.74) is 1.14. The first-order valence-corrected chi connectivity index (χ1v) is 3.67. The number of allylic oxidation sites excluding steroid dienone is 1. The lowest BCUT2D eigenvalue weighted by atomic mass is 10.1. The maximum Gasteiger partial charge on any atom is 0.0701 e. The van der Waals surface area contributed by atoms with E-state index in [2.05, 4.69) is 23.7 Å². The van der Waals surface area contributed by atoms with E-state index in [1.54, 1.807) is 0 Å². The SMILES string of the molecule is C=C1C=c2ncccc2=CC1. The molecule has 1 aliphatic carbocycles. The average Bonchev–Trinajstić information content (AvgIpc) is 2.04. The van der Waals surface area contributed by atoms with Gasteiger partial charge < -0.3 is 0 Å². The van der Waals surface area contributed by atoms with Gasteiger partial charge >= 0.3 is 0 Å². The number of fused-ring (bicyclic) bond motifs is 1. The molecule has 0 aliphatic heterocycles. The smallest absolute Gasteiger partial charge is 0.0701 e. The number of aromatic nitrogens is 1. The van der Waals surface area contributed by atoms with E-state index in [0.29, 0.717) is 0 Å². The van der Waals surface area contributed by atoms with Gasteiger partial charge in [-0.2, -0.15) is 0 Å². The fraction of sp³-hybridized carbons (Fsp3) is 0.100. The predicted molar refractivity (Wildman–Crippen MR) is 46.2 cm³/mol. The molecule has 0 unspecified atom stereocenters. The maximum atomic E-state index is 4.22. The minimum atomic E-state index is 0.957. The van der Waals surface area contributed by atoms with Crippen molar-refractivity contribution in [2.24, 2.45) is 0 Å². The van der Waals surface area contributed by atoms with Crippen molar-refractivity contribution in [3.8, 4) is 0 Å². The molecule has 1 nitrogen and oxygen atoms in total. The first-order valence-electron chi connectivity index (χ1n) is 3.67. The van der Waals surface area contributed by atoms with Crippen molar-refractivity contribution in [3.05, 3.63) is 41.0 Å². The number of nitrogens with zero attached hydrogens (tertiary/aromatic N) is 1. The molecule has 0 N–H and O–H groups in total. The minimum absolute atomic E-state index is 0.957. The van der Waals surface area contributed by atoms with Crippen LogP contribution in [0.5, 0.6) is 0 Å². The van der Waals surface area contributed by atoms with Crippen molar-refractivity contribution in [2.75, 3.05) is 0 Å². The second-order valence-electron chi connectivity index (χ2n) is 2.69. The van der Waals surface area contributed by atoms with Gasteiger partial charge in [-0.15, -0.1) is 0 Å². The molecule has 0 saturated carbocycles. The lowest BCUT2D eigenvalue weighted by Gasteiger charge is -1.99. The van der Waals surface area contributed by atoms with E-state index in [0.717, 1.165) is 17.3 Å². The third kappa shape index (κ3) is 1.09. The molecule has 54 valence electrons. The fourth-order valence-electron chi connectivity index (χ4n) is 1.22. The van der Waals surface area contributed by atoms with Crippen molar-refractivity contribution in [1.82, 2.24) is 4.98 Å². The highest BCUT2D eigenvalue weighted by Gasteiger charge is 1.94. The van der Waals surface area contributed by atoms with Gasteiger partial charge in [0.05, 0.1) is 5.35 Å². The molecule has 0 amide bonds. The van der Waals surface area contributed by atoms with E-state index >= 15 is 0 Å². The molecule has 1 aromatic heterocycles. The Morgan fingerprint density at radius 2 is 2.36 bits per heavy atom. The van der Waals surface area contributed by atoms with Gasteiger partial charge in [0.25, 0.3) is 0 Å². The third-order valence-corrected chi connectivity index (χ3v) is 1.80. The Labute approximate surface area is 65.4 Å². The van der Waals surface area contributed by atoms with Crippen LogP contribution in [0.3, 0.4) is 0 Å². The highest BCUT2D eigenvalue weighted by atomic mass is 14.6. The highest BCUT2D eigenvalue weighted by Crippen LogP contribution is 2.01. The normalized spacial score (nSPS) is 14.7. The zero-order chi connectivity index (χ0) is 7.68. The van der Waals surface area contributed by atoms with Gasteiger partial charge in [0, 0.05) is 6.20 Å². The molecule has 1 aromatic rings. The summed E-state index contributed by atoms with van der Waals surface area (Å²) in [6.07, 6.45) is 6.96. The molecule has 0 aromatic carbocycles. The number of rotatable bonds is 0. The minimum Gasteiger partial charge on any atom is -0.256 e. The van der Waals surface area contributed by atoms with Crippen LogP contribution in [0.25, 0.3) is 12.2 Å². The van der Waals surface area contributed by atoms with Crippen LogP contribution in [-0.2, 0) is 0 Å². The summed E-state index contributed by atoms with van der Waals surface area (Å²) < 4.78 is 0. The van der Waals surface area contributed by atoms with Crippen LogP contribution in [0.4, 0.5) is 0 Å². The lowest BCUT2D eigenvalue weighted by Crippen LogP contribution is -2.29. The molecular formula is C10H9N. The van der Waals surface area contributed by atoms with E-state index in [-0.39, 0.29) is 0 Å². The number of pyridine rings is 1. The van der Waals surface area contributed by atoms with E-state index in [9.17, 15) is 0 Å². The van der Waals surface area contributed by atoms with Crippen molar-refractivity contribution in [2.45, 2.75) is 6.42 Å². The molecule has 1 heteroatoms. The van der Waals surface area contributed by atoms with E-state index in [1.807, 2.05) is 18.3 Å². The Morgan fingerprint density at radius 1 is 1.45 bits per heavy atom. The summed E-state index contributed by atoms with van der Waals surface area (Å²) >= 11 is 0. The molecule has 0 atom stereocenters. The molecule has 0 radical (unpaired) electrons. The van der Waals surface area contributed by atoms with Gasteiger partial charge in [0.2, 0.25) is 0 Å². The van der Waals surface area contributed by atoms with Crippen LogP contribution in [0, 0.1) is 0 Å². The second-order valence-corrected chi connectivity index (χ2v) is 2.69. The monoisotopic (exact) mass is 143 g/mol. The van der Waals surface area contributed by atoms with Gasteiger partial charge in [-0.25, -0.2) is 0 Å². The summed E-state index contributed by atoms with van der Waals surface area (Å²) in [5, 5.41) is 2.27. The summed E-state index contributed by atoms with van der Waals surface area (Å²) in [6, 6.07) is 4.03. The largest absolute Gasteiger partial charge is 0.256 e. The summed E-state index contributed by atoms with van der Waals surface area (Å²) in [7, 11) is 0. The Bertz CT molecular complexity index is 401. The Hall–Kier alpha value is -1.37. The zero-order valence-corrected chi connectivity index (χ0v) is 6.25. The van der Waals surface area contributed by atoms with Crippen molar-refractivity contribution >= 4 is 12.2 Å². The third-order valence-electron chi connectivity index (χ3n) is 1.80. The Morgan fingerprint density at radius 3 is 3.27 bits per heavy atom. The summed E-state index contributed by atoms with van der Waals surface area (Å²) in [5.74, 6) is 0. The first-order chi connectivity index (χ1) is 5.36. The summed E-state index contributed by atoms with van der Waals surface area (Å²) in [6.45, 7) is 3.89. The highest BCUT2D eigenvalue weighted by molar-refractivity contribution is 5.52. The van der Waals surface area contributed by atoms with Gasteiger partial charge in [-0.3, -0.25) is 4.98 Å². The lowest BCUT2D eigenvalue weighted by molar-refractivity contribution is 1.18. The second kappa shape index (κ2) is 2.35. The molecule has 0 fully saturated rings. The predicted octanol–water partition coefficient (Wildman–Crippen LogP) is 0.603. The van der Waals surface area contributed by atoms with Crippen LogP contribution in [0.1, 0.15) is 6.42 Å². The van der Waals surface area contributed by atoms with Crippen LogP contribution in [-0.4, -0.2) is 4.98 Å². The maximum absolute atomic E-state index is 4.22. The quantitative estimate of drug-likeness (QED) is 0.518. The van der Waals surface area contributed by atoms with E-state index in [1.165, 1.54) is 5.22 Å².